The molecule has 2 aromatic rings. The van der Waals surface area contributed by atoms with Crippen molar-refractivity contribution < 1.29 is 9.63 Å². The normalized spacial score (nSPS) is 21.6. The fourth-order valence-electron chi connectivity index (χ4n) is 3.09. The van der Waals surface area contributed by atoms with Crippen LogP contribution in [0.2, 0.25) is 4.34 Å². The third-order valence-corrected chi connectivity index (χ3v) is 5.67. The molecular formula is C15H16ClN5O2S. The summed E-state index contributed by atoms with van der Waals surface area (Å²) in [7, 11) is 0. The molecule has 1 unspecified atom stereocenters. The first-order valence-electron chi connectivity index (χ1n) is 7.82. The van der Waals surface area contributed by atoms with Crippen molar-refractivity contribution in [3.8, 4) is 0 Å². The number of halogens is 1. The molecule has 1 fully saturated rings. The Labute approximate surface area is 147 Å². The molecular weight excluding hydrogens is 350 g/mol. The van der Waals surface area contributed by atoms with Gasteiger partial charge in [0, 0.05) is 19.5 Å². The maximum atomic E-state index is 12.6. The molecule has 2 aliphatic heterocycles. The van der Waals surface area contributed by atoms with Crippen molar-refractivity contribution in [1.29, 1.82) is 0 Å². The van der Waals surface area contributed by atoms with Crippen molar-refractivity contribution in [2.24, 2.45) is 5.16 Å². The van der Waals surface area contributed by atoms with Gasteiger partial charge in [0.25, 0.3) is 5.91 Å². The van der Waals surface area contributed by atoms with Crippen LogP contribution >= 0.6 is 22.9 Å². The number of amides is 1. The van der Waals surface area contributed by atoms with E-state index in [4.69, 9.17) is 16.4 Å². The minimum atomic E-state index is -0.524. The molecule has 0 aromatic carbocycles. The van der Waals surface area contributed by atoms with E-state index in [0.717, 1.165) is 23.4 Å². The molecule has 2 aliphatic rings. The molecule has 1 saturated heterocycles. The molecule has 9 heteroatoms. The van der Waals surface area contributed by atoms with Gasteiger partial charge in [0.05, 0.1) is 15.3 Å². The van der Waals surface area contributed by atoms with E-state index < -0.39 is 6.10 Å². The summed E-state index contributed by atoms with van der Waals surface area (Å²) in [5, 5.41) is 8.25. The number of hydrogen-bond acceptors (Lipinski definition) is 6. The second kappa shape index (κ2) is 6.52. The average Bonchev–Trinajstić information content (AvgIpc) is 3.35. The summed E-state index contributed by atoms with van der Waals surface area (Å²) >= 11 is 7.40. The fourth-order valence-corrected chi connectivity index (χ4v) is 4.12. The van der Waals surface area contributed by atoms with Crippen LogP contribution in [0.15, 0.2) is 29.9 Å². The molecule has 1 atom stereocenters. The molecule has 0 N–H and O–H groups in total. The topological polar surface area (TPSA) is 72.6 Å². The van der Waals surface area contributed by atoms with Gasteiger partial charge in [-0.1, -0.05) is 16.8 Å². The van der Waals surface area contributed by atoms with E-state index in [1.807, 2.05) is 21.7 Å². The highest BCUT2D eigenvalue weighted by Gasteiger charge is 2.34. The van der Waals surface area contributed by atoms with Gasteiger partial charge in [-0.15, -0.1) is 11.3 Å². The Balaban J connectivity index is 1.33. The van der Waals surface area contributed by atoms with Crippen LogP contribution in [0.5, 0.6) is 0 Å². The maximum absolute atomic E-state index is 12.6. The minimum absolute atomic E-state index is 0.00782. The Hall–Kier alpha value is -1.93. The van der Waals surface area contributed by atoms with E-state index in [-0.39, 0.29) is 5.91 Å². The third-order valence-electron chi connectivity index (χ3n) is 4.39. The first-order chi connectivity index (χ1) is 11.7. The van der Waals surface area contributed by atoms with Crippen LogP contribution < -0.4 is 0 Å². The first kappa shape index (κ1) is 15.6. The Morgan fingerprint density at radius 3 is 2.83 bits per heavy atom. The van der Waals surface area contributed by atoms with Gasteiger partial charge in [0.1, 0.15) is 18.4 Å². The molecule has 0 radical (unpaired) electrons. The molecule has 126 valence electrons. The number of thiophene rings is 1. The smallest absolute Gasteiger partial charge is 0.266 e. The van der Waals surface area contributed by atoms with Gasteiger partial charge in [0.2, 0.25) is 6.10 Å². The molecule has 0 bridgehead atoms. The van der Waals surface area contributed by atoms with Gasteiger partial charge < -0.3 is 9.74 Å². The van der Waals surface area contributed by atoms with E-state index in [1.165, 1.54) is 11.3 Å². The average molecular weight is 366 g/mol. The second-order valence-corrected chi connectivity index (χ2v) is 7.59. The summed E-state index contributed by atoms with van der Waals surface area (Å²) in [5.74, 6) is 0.00782. The quantitative estimate of drug-likeness (QED) is 0.837. The zero-order chi connectivity index (χ0) is 16.5. The van der Waals surface area contributed by atoms with Crippen molar-refractivity contribution in [2.45, 2.75) is 31.4 Å². The summed E-state index contributed by atoms with van der Waals surface area (Å²) in [5.41, 5.74) is 0.794. The van der Waals surface area contributed by atoms with Crippen LogP contribution in [-0.2, 0) is 9.63 Å². The van der Waals surface area contributed by atoms with Crippen LogP contribution in [0.1, 0.15) is 30.2 Å². The number of nitrogens with zero attached hydrogens (tertiary/aromatic N) is 5. The van der Waals surface area contributed by atoms with Crippen molar-refractivity contribution in [1.82, 2.24) is 19.7 Å². The van der Waals surface area contributed by atoms with Gasteiger partial charge in [-0.05, 0) is 25.0 Å². The van der Waals surface area contributed by atoms with E-state index in [0.29, 0.717) is 29.9 Å². The highest BCUT2D eigenvalue weighted by atomic mass is 35.5. The second-order valence-electron chi connectivity index (χ2n) is 5.87. The van der Waals surface area contributed by atoms with Crippen molar-refractivity contribution in [3.05, 3.63) is 34.0 Å². The number of piperidine rings is 1. The number of rotatable bonds is 3. The van der Waals surface area contributed by atoms with E-state index in [1.54, 1.807) is 12.7 Å². The van der Waals surface area contributed by atoms with Crippen molar-refractivity contribution >= 4 is 34.6 Å². The SMILES string of the molecule is O=C(C1CC(c2ccc(Cl)s2)=NO1)N1CCC(n2cncn2)CC1. The molecule has 0 aliphatic carbocycles. The zero-order valence-corrected chi connectivity index (χ0v) is 14.4. The first-order valence-corrected chi connectivity index (χ1v) is 9.01. The predicted molar refractivity (Wildman–Crippen MR) is 90.2 cm³/mol. The maximum Gasteiger partial charge on any atom is 0.266 e. The van der Waals surface area contributed by atoms with Crippen molar-refractivity contribution in [2.75, 3.05) is 13.1 Å². The Morgan fingerprint density at radius 2 is 2.17 bits per heavy atom. The fraction of sp³-hybridized carbons (Fsp3) is 0.467. The number of carbonyl (C=O) groups is 1. The monoisotopic (exact) mass is 365 g/mol. The van der Waals surface area contributed by atoms with Crippen LogP contribution in [0.4, 0.5) is 0 Å². The lowest BCUT2D eigenvalue weighted by Gasteiger charge is -2.32. The molecule has 1 amide bonds. The standard InChI is InChI=1S/C15H16ClN5O2S/c16-14-2-1-13(24-14)11-7-12(23-19-11)15(22)20-5-3-10(4-6-20)21-9-17-8-18-21/h1-2,8-10,12H,3-7H2. The van der Waals surface area contributed by atoms with Crippen LogP contribution in [-0.4, -0.2) is 50.5 Å². The number of aromatic nitrogens is 3. The Bertz CT molecular complexity index is 752. The van der Waals surface area contributed by atoms with E-state index >= 15 is 0 Å². The third kappa shape index (κ3) is 3.03. The number of hydrogen-bond donors (Lipinski definition) is 0. The molecule has 4 rings (SSSR count). The highest BCUT2D eigenvalue weighted by molar-refractivity contribution is 7.18. The lowest BCUT2D eigenvalue weighted by molar-refractivity contribution is -0.143. The van der Waals surface area contributed by atoms with E-state index in [9.17, 15) is 4.79 Å². The lowest BCUT2D eigenvalue weighted by Crippen LogP contribution is -2.44. The summed E-state index contributed by atoms with van der Waals surface area (Å²) in [4.78, 5) is 24.8. The molecule has 0 saturated carbocycles. The summed E-state index contributed by atoms with van der Waals surface area (Å²) in [6, 6.07) is 4.04. The summed E-state index contributed by atoms with van der Waals surface area (Å²) in [6.45, 7) is 1.40. The molecule has 4 heterocycles. The summed E-state index contributed by atoms with van der Waals surface area (Å²) in [6.07, 6.45) is 4.99. The van der Waals surface area contributed by atoms with E-state index in [2.05, 4.69) is 15.2 Å². The molecule has 0 spiro atoms. The number of likely N-dealkylation sites (tertiary alicyclic amines) is 1. The minimum Gasteiger partial charge on any atom is -0.382 e. The van der Waals surface area contributed by atoms with Gasteiger partial charge in [0.15, 0.2) is 0 Å². The largest absolute Gasteiger partial charge is 0.382 e. The van der Waals surface area contributed by atoms with Gasteiger partial charge in [-0.25, -0.2) is 9.67 Å². The van der Waals surface area contributed by atoms with Gasteiger partial charge in [-0.2, -0.15) is 5.10 Å². The molecule has 2 aromatic heterocycles. The number of carbonyl (C=O) groups excluding carboxylic acids is 1. The molecule has 24 heavy (non-hydrogen) atoms. The van der Waals surface area contributed by atoms with Crippen molar-refractivity contribution in [3.63, 3.8) is 0 Å². The Morgan fingerprint density at radius 1 is 1.33 bits per heavy atom. The van der Waals surface area contributed by atoms with Crippen LogP contribution in [0.25, 0.3) is 0 Å². The lowest BCUT2D eigenvalue weighted by atomic mass is 10.0. The summed E-state index contributed by atoms with van der Waals surface area (Å²) < 4.78 is 2.58. The Kier molecular flexibility index (Phi) is 4.24. The zero-order valence-electron chi connectivity index (χ0n) is 12.8. The van der Waals surface area contributed by atoms with Crippen LogP contribution in [0, 0.1) is 0 Å². The highest BCUT2D eigenvalue weighted by Crippen LogP contribution is 2.28. The predicted octanol–water partition coefficient (Wildman–Crippen LogP) is 2.35. The van der Waals surface area contributed by atoms with Gasteiger partial charge >= 0.3 is 0 Å². The number of oxime groups is 1. The van der Waals surface area contributed by atoms with Crippen LogP contribution in [0.3, 0.4) is 0 Å². The molecule has 7 nitrogen and oxygen atoms in total. The van der Waals surface area contributed by atoms with Gasteiger partial charge in [-0.3, -0.25) is 4.79 Å².